The van der Waals surface area contributed by atoms with Crippen molar-refractivity contribution in [3.05, 3.63) is 117 Å². The zero-order chi connectivity index (χ0) is 28.9. The molecule has 3 unspecified atom stereocenters. The second-order valence-corrected chi connectivity index (χ2v) is 11.6. The fraction of sp³-hybridized carbons (Fsp3) is 0.172. The third kappa shape index (κ3) is 6.98. The molecule has 0 aromatic heterocycles. The number of benzene rings is 3. The van der Waals surface area contributed by atoms with Crippen LogP contribution in [0.1, 0.15) is 12.5 Å². The average molecular weight is 625 g/mol. The molecule has 11 heteroatoms. The summed E-state index contributed by atoms with van der Waals surface area (Å²) < 4.78 is 16.6. The smallest absolute Gasteiger partial charge is 0.326 e. The quantitative estimate of drug-likeness (QED) is 0.217. The summed E-state index contributed by atoms with van der Waals surface area (Å²) in [6, 6.07) is 21.3. The van der Waals surface area contributed by atoms with E-state index in [4.69, 9.17) is 0 Å². The number of hydrogen-bond donors (Lipinski definition) is 3. The molecule has 3 N–H and O–H groups in total. The minimum atomic E-state index is -1.83. The van der Waals surface area contributed by atoms with E-state index in [2.05, 4.69) is 26.0 Å². The molecule has 0 aliphatic heterocycles. The van der Waals surface area contributed by atoms with Gasteiger partial charge in [-0.15, -0.1) is 0 Å². The molecule has 0 saturated carbocycles. The highest BCUT2D eigenvalue weighted by Crippen LogP contribution is 2.31. The normalized spacial score (nSPS) is 19.8. The van der Waals surface area contributed by atoms with Crippen molar-refractivity contribution in [3.63, 3.8) is 0 Å². The molecule has 9 nitrogen and oxygen atoms in total. The van der Waals surface area contributed by atoms with E-state index in [1.54, 1.807) is 25.2 Å². The van der Waals surface area contributed by atoms with E-state index in [1.165, 1.54) is 24.3 Å². The van der Waals surface area contributed by atoms with Gasteiger partial charge in [0, 0.05) is 23.0 Å². The highest BCUT2D eigenvalue weighted by Gasteiger charge is 2.40. The van der Waals surface area contributed by atoms with Crippen LogP contribution in [0.5, 0.6) is 0 Å². The highest BCUT2D eigenvalue weighted by molar-refractivity contribution is 9.11. The number of nitrogens with one attached hydrogen (secondary N) is 2. The van der Waals surface area contributed by atoms with Crippen molar-refractivity contribution >= 4 is 44.5 Å². The van der Waals surface area contributed by atoms with E-state index < -0.39 is 45.3 Å². The average Bonchev–Trinajstić information content (AvgIpc) is 2.94. The molecule has 0 saturated heterocycles. The standard InChI is InChI=1S/C29H26BrN3O6S/c1-29(32-40(39)24-13-11-23(12-14-24)33(37)38)16-15-22(30)18-25(29)27(34)31-26(28(35)36)17-19-7-9-21(10-8-19)20-5-3-2-4-6-20/h2-16,18,25-26,32H,17H2,1H3,(H,31,34)(H,35,36)/t25?,26-,29?,40?/m0/s1. The van der Waals surface area contributed by atoms with Gasteiger partial charge >= 0.3 is 5.97 Å². The van der Waals surface area contributed by atoms with Crippen LogP contribution in [-0.4, -0.2) is 37.7 Å². The lowest BCUT2D eigenvalue weighted by Gasteiger charge is -2.35. The number of nitrogens with zero attached hydrogens (tertiary/aromatic N) is 1. The topological polar surface area (TPSA) is 139 Å². The zero-order valence-electron chi connectivity index (χ0n) is 21.3. The van der Waals surface area contributed by atoms with Gasteiger partial charge in [-0.3, -0.25) is 14.9 Å². The first-order chi connectivity index (χ1) is 19.1. The predicted molar refractivity (Wildman–Crippen MR) is 156 cm³/mol. The minimum absolute atomic E-state index is 0.0719. The number of allylic oxidation sites excluding steroid dienone is 2. The number of aliphatic carboxylic acids is 1. The molecule has 1 aliphatic carbocycles. The summed E-state index contributed by atoms with van der Waals surface area (Å²) in [7, 11) is -1.83. The summed E-state index contributed by atoms with van der Waals surface area (Å²) in [5, 5.41) is 23.5. The number of hydrogen-bond acceptors (Lipinski definition) is 5. The van der Waals surface area contributed by atoms with Crippen LogP contribution in [0.15, 0.2) is 106 Å². The Bertz CT molecular complexity index is 1490. The van der Waals surface area contributed by atoms with Gasteiger partial charge in [0.25, 0.3) is 5.69 Å². The molecule has 0 heterocycles. The monoisotopic (exact) mass is 623 g/mol. The summed E-state index contributed by atoms with van der Waals surface area (Å²) in [5.74, 6) is -2.67. The summed E-state index contributed by atoms with van der Waals surface area (Å²) in [6.45, 7) is 1.67. The molecule has 0 spiro atoms. The molecule has 1 amide bonds. The van der Waals surface area contributed by atoms with Crippen LogP contribution in [0.3, 0.4) is 0 Å². The first-order valence-corrected chi connectivity index (χ1v) is 14.2. The molecule has 4 rings (SSSR count). The van der Waals surface area contributed by atoms with E-state index in [0.717, 1.165) is 16.7 Å². The number of rotatable bonds is 10. The molecule has 4 atom stereocenters. The maximum Gasteiger partial charge on any atom is 0.326 e. The molecular formula is C29H26BrN3O6S. The lowest BCUT2D eigenvalue weighted by molar-refractivity contribution is -0.384. The number of carbonyl (C=O) groups excluding carboxylic acids is 1. The number of halogens is 1. The number of nitro benzene ring substituents is 1. The Hall–Kier alpha value is -3.93. The largest absolute Gasteiger partial charge is 0.480 e. The molecule has 40 heavy (non-hydrogen) atoms. The van der Waals surface area contributed by atoms with Gasteiger partial charge < -0.3 is 10.4 Å². The first kappa shape index (κ1) is 29.1. The second-order valence-electron chi connectivity index (χ2n) is 9.43. The Balaban J connectivity index is 1.48. The SMILES string of the molecule is CC1(NS(=O)c2ccc([N+](=O)[O-])cc2)C=CC(Br)=CC1C(=O)N[C@@H](Cc1ccc(-c2ccccc2)cc1)C(=O)O. The molecule has 0 fully saturated rings. The van der Waals surface area contributed by atoms with Crippen molar-refractivity contribution in [3.8, 4) is 11.1 Å². The van der Waals surface area contributed by atoms with E-state index in [9.17, 15) is 29.0 Å². The van der Waals surface area contributed by atoms with Gasteiger partial charge in [0.05, 0.1) is 21.3 Å². The second kappa shape index (κ2) is 12.5. The predicted octanol–water partition coefficient (Wildman–Crippen LogP) is 4.91. The zero-order valence-corrected chi connectivity index (χ0v) is 23.7. The van der Waals surface area contributed by atoms with Crippen molar-refractivity contribution < 1.29 is 23.8 Å². The third-order valence-corrected chi connectivity index (χ3v) is 8.39. The molecule has 0 radical (unpaired) electrons. The van der Waals surface area contributed by atoms with Crippen LogP contribution in [-0.2, 0) is 27.0 Å². The minimum Gasteiger partial charge on any atom is -0.480 e. The number of carboxylic acids is 1. The van der Waals surface area contributed by atoms with E-state index >= 15 is 0 Å². The summed E-state index contributed by atoms with van der Waals surface area (Å²) >= 11 is 3.37. The number of carbonyl (C=O) groups is 2. The van der Waals surface area contributed by atoms with Crippen LogP contribution in [0.25, 0.3) is 11.1 Å². The van der Waals surface area contributed by atoms with Crippen LogP contribution in [0.4, 0.5) is 5.69 Å². The van der Waals surface area contributed by atoms with Crippen LogP contribution in [0, 0.1) is 16.0 Å². The Morgan fingerprint density at radius 1 is 1.05 bits per heavy atom. The van der Waals surface area contributed by atoms with Gasteiger partial charge in [0.2, 0.25) is 5.91 Å². The van der Waals surface area contributed by atoms with Crippen LogP contribution < -0.4 is 10.0 Å². The van der Waals surface area contributed by atoms with Crippen molar-refractivity contribution in [1.82, 2.24) is 10.0 Å². The maximum absolute atomic E-state index is 13.5. The third-order valence-electron chi connectivity index (χ3n) is 6.53. The van der Waals surface area contributed by atoms with E-state index in [1.807, 2.05) is 54.6 Å². The molecule has 3 aromatic carbocycles. The first-order valence-electron chi connectivity index (χ1n) is 12.2. The molecule has 3 aromatic rings. The van der Waals surface area contributed by atoms with E-state index in [-0.39, 0.29) is 17.0 Å². The van der Waals surface area contributed by atoms with Gasteiger partial charge in [-0.1, -0.05) is 88.8 Å². The number of carboxylic acid groups (broad SMARTS) is 1. The Labute approximate surface area is 241 Å². The summed E-state index contributed by atoms with van der Waals surface area (Å²) in [5.41, 5.74) is 1.48. The maximum atomic E-state index is 13.5. The molecule has 0 bridgehead atoms. The fourth-order valence-corrected chi connectivity index (χ4v) is 5.79. The van der Waals surface area contributed by atoms with E-state index in [0.29, 0.717) is 4.48 Å². The van der Waals surface area contributed by atoms with Crippen LogP contribution >= 0.6 is 15.9 Å². The number of nitro groups is 1. The Morgan fingerprint density at radius 2 is 1.68 bits per heavy atom. The van der Waals surface area contributed by atoms with Crippen molar-refractivity contribution in [1.29, 1.82) is 0 Å². The van der Waals surface area contributed by atoms with Gasteiger partial charge in [-0.25, -0.2) is 13.7 Å². The lowest BCUT2D eigenvalue weighted by Crippen LogP contribution is -2.56. The highest BCUT2D eigenvalue weighted by atomic mass is 79.9. The van der Waals surface area contributed by atoms with Crippen molar-refractivity contribution in [2.24, 2.45) is 5.92 Å². The molecule has 206 valence electrons. The molecule has 1 aliphatic rings. The van der Waals surface area contributed by atoms with Crippen LogP contribution in [0.2, 0.25) is 0 Å². The summed E-state index contributed by atoms with van der Waals surface area (Å²) in [6.07, 6.45) is 5.06. The van der Waals surface area contributed by atoms with Crippen molar-refractivity contribution in [2.75, 3.05) is 0 Å². The Kier molecular flexibility index (Phi) is 9.08. The Morgan fingerprint density at radius 3 is 2.27 bits per heavy atom. The summed E-state index contributed by atoms with van der Waals surface area (Å²) in [4.78, 5) is 36.2. The fourth-order valence-electron chi connectivity index (χ4n) is 4.30. The number of non-ortho nitro benzene ring substituents is 1. The van der Waals surface area contributed by atoms with Gasteiger partial charge in [-0.2, -0.15) is 0 Å². The van der Waals surface area contributed by atoms with Gasteiger partial charge in [-0.05, 0) is 35.7 Å². The van der Waals surface area contributed by atoms with Crippen molar-refractivity contribution in [2.45, 2.75) is 29.8 Å². The number of amides is 1. The van der Waals surface area contributed by atoms with Gasteiger partial charge in [0.1, 0.15) is 17.0 Å². The van der Waals surface area contributed by atoms with Gasteiger partial charge in [0.15, 0.2) is 0 Å². The molecular weight excluding hydrogens is 598 g/mol. The lowest BCUT2D eigenvalue weighted by atomic mass is 9.82.